The summed E-state index contributed by atoms with van der Waals surface area (Å²) >= 11 is 0. The van der Waals surface area contributed by atoms with Gasteiger partial charge in [0.2, 0.25) is 0 Å². The normalized spacial score (nSPS) is 41.2. The molecule has 0 aromatic carbocycles. The maximum atomic E-state index is 5.68. The minimum Gasteiger partial charge on any atom is -0.379 e. The van der Waals surface area contributed by atoms with Crippen molar-refractivity contribution in [1.29, 1.82) is 0 Å². The quantitative estimate of drug-likeness (QED) is 0.827. The highest BCUT2D eigenvalue weighted by Crippen LogP contribution is 2.36. The van der Waals surface area contributed by atoms with Crippen LogP contribution in [-0.4, -0.2) is 49.8 Å². The zero-order valence-electron chi connectivity index (χ0n) is 11.7. The average Bonchev–Trinajstić information content (AvgIpc) is 2.99. The van der Waals surface area contributed by atoms with E-state index in [1.165, 1.54) is 45.2 Å². The second-order valence-corrected chi connectivity index (χ2v) is 6.36. The van der Waals surface area contributed by atoms with Crippen molar-refractivity contribution in [2.75, 3.05) is 32.8 Å². The largest absolute Gasteiger partial charge is 0.379 e. The van der Waals surface area contributed by atoms with Gasteiger partial charge in [-0.2, -0.15) is 0 Å². The summed E-state index contributed by atoms with van der Waals surface area (Å²) in [6, 6.07) is 1.50. The van der Waals surface area contributed by atoms with Gasteiger partial charge in [-0.3, -0.25) is 4.90 Å². The second kappa shape index (κ2) is 5.89. The first kappa shape index (κ1) is 12.9. The molecule has 3 aliphatic rings. The van der Waals surface area contributed by atoms with E-state index in [-0.39, 0.29) is 0 Å². The van der Waals surface area contributed by atoms with Gasteiger partial charge in [-0.1, -0.05) is 19.8 Å². The van der Waals surface area contributed by atoms with Gasteiger partial charge in [-0.25, -0.2) is 0 Å². The van der Waals surface area contributed by atoms with Crippen molar-refractivity contribution in [3.63, 3.8) is 0 Å². The summed E-state index contributed by atoms with van der Waals surface area (Å²) in [4.78, 5) is 2.79. The summed E-state index contributed by atoms with van der Waals surface area (Å²) < 4.78 is 5.68. The molecule has 0 aromatic rings. The molecule has 3 rings (SSSR count). The Kier molecular flexibility index (Phi) is 4.22. The molecule has 2 heterocycles. The van der Waals surface area contributed by atoms with Crippen molar-refractivity contribution in [3.8, 4) is 0 Å². The van der Waals surface area contributed by atoms with Crippen LogP contribution in [0.4, 0.5) is 0 Å². The van der Waals surface area contributed by atoms with E-state index in [0.717, 1.165) is 31.7 Å². The molecule has 2 saturated heterocycles. The van der Waals surface area contributed by atoms with Gasteiger partial charge in [0.25, 0.3) is 0 Å². The van der Waals surface area contributed by atoms with Gasteiger partial charge in [0, 0.05) is 24.5 Å². The summed E-state index contributed by atoms with van der Waals surface area (Å²) in [6.07, 6.45) is 7.31. The van der Waals surface area contributed by atoms with Crippen LogP contribution in [0.1, 0.15) is 39.0 Å². The molecule has 3 nitrogen and oxygen atoms in total. The maximum Gasteiger partial charge on any atom is 0.0623 e. The molecule has 18 heavy (non-hydrogen) atoms. The molecule has 3 fully saturated rings. The smallest absolute Gasteiger partial charge is 0.0623 e. The third-order valence-electron chi connectivity index (χ3n) is 5.26. The van der Waals surface area contributed by atoms with Crippen LogP contribution in [-0.2, 0) is 4.74 Å². The van der Waals surface area contributed by atoms with E-state index >= 15 is 0 Å². The zero-order valence-corrected chi connectivity index (χ0v) is 11.7. The molecule has 104 valence electrons. The molecule has 4 atom stereocenters. The van der Waals surface area contributed by atoms with Gasteiger partial charge in [0.15, 0.2) is 0 Å². The summed E-state index contributed by atoms with van der Waals surface area (Å²) in [5.41, 5.74) is 0. The Bertz CT molecular complexity index is 271. The number of hydrogen-bond acceptors (Lipinski definition) is 3. The number of nitrogens with zero attached hydrogens (tertiary/aromatic N) is 1. The highest BCUT2D eigenvalue weighted by atomic mass is 16.5. The standard InChI is InChI=1S/C15H28N2O/c1-2-16-14-11-18-10-13(14)9-17-8-7-12-5-3-4-6-15(12)17/h12-16H,2-11H2,1H3. The third kappa shape index (κ3) is 2.59. The van der Waals surface area contributed by atoms with Gasteiger partial charge in [-0.05, 0) is 38.3 Å². The van der Waals surface area contributed by atoms with Crippen LogP contribution < -0.4 is 5.32 Å². The van der Waals surface area contributed by atoms with Crippen molar-refractivity contribution in [1.82, 2.24) is 10.2 Å². The molecular formula is C15H28N2O. The predicted octanol–water partition coefficient (Wildman–Crippen LogP) is 1.88. The Morgan fingerprint density at radius 2 is 2.06 bits per heavy atom. The maximum absolute atomic E-state index is 5.68. The number of likely N-dealkylation sites (N-methyl/N-ethyl adjacent to an activating group) is 1. The Labute approximate surface area is 111 Å². The Balaban J connectivity index is 1.55. The molecule has 0 radical (unpaired) electrons. The first-order chi connectivity index (χ1) is 8.88. The molecule has 0 bridgehead atoms. The van der Waals surface area contributed by atoms with E-state index in [1.807, 2.05) is 0 Å². The molecule has 1 aliphatic carbocycles. The van der Waals surface area contributed by atoms with Crippen LogP contribution in [0.15, 0.2) is 0 Å². The Hall–Kier alpha value is -0.120. The number of fused-ring (bicyclic) bond motifs is 1. The molecule has 2 aliphatic heterocycles. The molecule has 4 unspecified atom stereocenters. The lowest BCUT2D eigenvalue weighted by molar-refractivity contribution is 0.139. The number of likely N-dealkylation sites (tertiary alicyclic amines) is 1. The van der Waals surface area contributed by atoms with Crippen LogP contribution in [0.3, 0.4) is 0 Å². The topological polar surface area (TPSA) is 24.5 Å². The first-order valence-electron chi connectivity index (χ1n) is 7.93. The number of hydrogen-bond donors (Lipinski definition) is 1. The fraction of sp³-hybridized carbons (Fsp3) is 1.00. The van der Waals surface area contributed by atoms with Crippen LogP contribution in [0, 0.1) is 11.8 Å². The minimum atomic E-state index is 0.595. The lowest BCUT2D eigenvalue weighted by atomic mass is 9.85. The summed E-state index contributed by atoms with van der Waals surface area (Å²) in [7, 11) is 0. The summed E-state index contributed by atoms with van der Waals surface area (Å²) in [6.45, 7) is 7.74. The van der Waals surface area contributed by atoms with E-state index in [0.29, 0.717) is 12.0 Å². The Morgan fingerprint density at radius 3 is 2.94 bits per heavy atom. The van der Waals surface area contributed by atoms with Crippen molar-refractivity contribution < 1.29 is 4.74 Å². The SMILES string of the molecule is CCNC1COCC1CN1CCC2CCCCC21. The van der Waals surface area contributed by atoms with Gasteiger partial charge >= 0.3 is 0 Å². The van der Waals surface area contributed by atoms with Crippen LogP contribution in [0.5, 0.6) is 0 Å². The summed E-state index contributed by atoms with van der Waals surface area (Å²) in [5, 5.41) is 3.59. The van der Waals surface area contributed by atoms with Crippen LogP contribution in [0.25, 0.3) is 0 Å². The molecule has 0 spiro atoms. The monoisotopic (exact) mass is 252 g/mol. The van der Waals surface area contributed by atoms with Gasteiger partial charge in [-0.15, -0.1) is 0 Å². The van der Waals surface area contributed by atoms with Crippen molar-refractivity contribution in [2.45, 2.75) is 51.1 Å². The fourth-order valence-electron chi connectivity index (χ4n) is 4.30. The van der Waals surface area contributed by atoms with Gasteiger partial charge in [0.1, 0.15) is 0 Å². The lowest BCUT2D eigenvalue weighted by Crippen LogP contribution is -2.44. The van der Waals surface area contributed by atoms with E-state index in [4.69, 9.17) is 4.74 Å². The van der Waals surface area contributed by atoms with Crippen LogP contribution >= 0.6 is 0 Å². The summed E-state index contributed by atoms with van der Waals surface area (Å²) in [5.74, 6) is 1.73. The minimum absolute atomic E-state index is 0.595. The van der Waals surface area contributed by atoms with Crippen molar-refractivity contribution >= 4 is 0 Å². The molecule has 1 saturated carbocycles. The molecular weight excluding hydrogens is 224 g/mol. The first-order valence-corrected chi connectivity index (χ1v) is 7.93. The van der Waals surface area contributed by atoms with E-state index in [1.54, 1.807) is 0 Å². The van der Waals surface area contributed by atoms with Gasteiger partial charge < -0.3 is 10.1 Å². The van der Waals surface area contributed by atoms with Crippen molar-refractivity contribution in [3.05, 3.63) is 0 Å². The molecule has 0 aromatic heterocycles. The van der Waals surface area contributed by atoms with E-state index < -0.39 is 0 Å². The number of ether oxygens (including phenoxy) is 1. The van der Waals surface area contributed by atoms with E-state index in [2.05, 4.69) is 17.1 Å². The molecule has 3 heteroatoms. The van der Waals surface area contributed by atoms with Crippen LogP contribution in [0.2, 0.25) is 0 Å². The molecule has 1 N–H and O–H groups in total. The lowest BCUT2D eigenvalue weighted by Gasteiger charge is -2.34. The highest BCUT2D eigenvalue weighted by Gasteiger charge is 2.38. The predicted molar refractivity (Wildman–Crippen MR) is 73.7 cm³/mol. The average molecular weight is 252 g/mol. The number of rotatable bonds is 4. The Morgan fingerprint density at radius 1 is 1.17 bits per heavy atom. The zero-order chi connectivity index (χ0) is 12.4. The van der Waals surface area contributed by atoms with Crippen molar-refractivity contribution in [2.24, 2.45) is 11.8 Å². The van der Waals surface area contributed by atoms with Gasteiger partial charge in [0.05, 0.1) is 13.2 Å². The second-order valence-electron chi connectivity index (χ2n) is 6.36. The fourth-order valence-corrected chi connectivity index (χ4v) is 4.30. The van der Waals surface area contributed by atoms with E-state index in [9.17, 15) is 0 Å². The number of nitrogens with one attached hydrogen (secondary N) is 1. The molecule has 0 amide bonds. The highest BCUT2D eigenvalue weighted by molar-refractivity contribution is 4.93. The third-order valence-corrected chi connectivity index (χ3v) is 5.26.